The third-order valence-electron chi connectivity index (χ3n) is 6.11. The Kier molecular flexibility index (Phi) is 7.96. The average molecular weight is 432 g/mol. The predicted molar refractivity (Wildman–Crippen MR) is 116 cm³/mol. The van der Waals surface area contributed by atoms with Gasteiger partial charge in [0.2, 0.25) is 0 Å². The van der Waals surface area contributed by atoms with E-state index in [4.69, 9.17) is 14.2 Å². The van der Waals surface area contributed by atoms with Crippen LogP contribution in [-0.2, 0) is 27.3 Å². The molecule has 0 aliphatic carbocycles. The molecule has 0 spiro atoms. The SMILES string of the molecule is COc1c(C)c2c(c(O)c1CC=C(C)CCC(=O)OCCCN1CCCC1)C(=O)OC2. The number of likely N-dealkylation sites (tertiary alicyclic amines) is 1. The molecule has 3 rings (SSSR count). The molecule has 0 amide bonds. The fourth-order valence-electron chi connectivity index (χ4n) is 4.26. The monoisotopic (exact) mass is 431 g/mol. The van der Waals surface area contributed by atoms with Gasteiger partial charge in [0, 0.05) is 24.1 Å². The summed E-state index contributed by atoms with van der Waals surface area (Å²) >= 11 is 0. The lowest BCUT2D eigenvalue weighted by Gasteiger charge is -2.15. The molecule has 7 nitrogen and oxygen atoms in total. The van der Waals surface area contributed by atoms with E-state index in [0.717, 1.165) is 37.2 Å². The minimum absolute atomic E-state index is 0.0820. The highest BCUT2D eigenvalue weighted by Crippen LogP contribution is 2.42. The van der Waals surface area contributed by atoms with E-state index in [1.54, 1.807) is 7.11 Å². The molecular formula is C24H33NO6. The van der Waals surface area contributed by atoms with Crippen molar-refractivity contribution in [2.24, 2.45) is 0 Å². The summed E-state index contributed by atoms with van der Waals surface area (Å²) < 4.78 is 15.9. The fourth-order valence-corrected chi connectivity index (χ4v) is 4.26. The number of carbonyl (C=O) groups excluding carboxylic acids is 2. The number of benzene rings is 1. The van der Waals surface area contributed by atoms with Crippen LogP contribution in [0.25, 0.3) is 0 Å². The van der Waals surface area contributed by atoms with Crippen molar-refractivity contribution >= 4 is 11.9 Å². The highest BCUT2D eigenvalue weighted by Gasteiger charge is 2.31. The number of phenolic OH excluding ortho intramolecular Hbond substituents is 1. The highest BCUT2D eigenvalue weighted by molar-refractivity contribution is 5.98. The van der Waals surface area contributed by atoms with Gasteiger partial charge < -0.3 is 24.2 Å². The predicted octanol–water partition coefficient (Wildman–Crippen LogP) is 3.68. The number of nitrogens with zero attached hydrogens (tertiary/aromatic N) is 1. The lowest BCUT2D eigenvalue weighted by Crippen LogP contribution is -2.22. The van der Waals surface area contributed by atoms with E-state index in [9.17, 15) is 14.7 Å². The van der Waals surface area contributed by atoms with E-state index >= 15 is 0 Å². The minimum Gasteiger partial charge on any atom is -0.507 e. The Balaban J connectivity index is 1.51. The van der Waals surface area contributed by atoms with Gasteiger partial charge in [-0.3, -0.25) is 4.79 Å². The van der Waals surface area contributed by atoms with Crippen molar-refractivity contribution in [2.75, 3.05) is 33.4 Å². The third kappa shape index (κ3) is 5.58. The number of ether oxygens (including phenoxy) is 3. The second-order valence-electron chi connectivity index (χ2n) is 8.29. The molecule has 0 unspecified atom stereocenters. The zero-order valence-electron chi connectivity index (χ0n) is 18.8. The summed E-state index contributed by atoms with van der Waals surface area (Å²) in [5.41, 5.74) is 3.28. The summed E-state index contributed by atoms with van der Waals surface area (Å²) in [6, 6.07) is 0. The zero-order valence-corrected chi connectivity index (χ0v) is 18.8. The number of methoxy groups -OCH3 is 1. The first-order valence-electron chi connectivity index (χ1n) is 11.0. The highest BCUT2D eigenvalue weighted by atomic mass is 16.5. The third-order valence-corrected chi connectivity index (χ3v) is 6.11. The smallest absolute Gasteiger partial charge is 0.342 e. The minimum atomic E-state index is -0.507. The van der Waals surface area contributed by atoms with Crippen molar-refractivity contribution in [1.82, 2.24) is 4.90 Å². The van der Waals surface area contributed by atoms with E-state index in [1.165, 1.54) is 12.8 Å². The Morgan fingerprint density at radius 3 is 2.71 bits per heavy atom. The normalized spacial score (nSPS) is 16.4. The van der Waals surface area contributed by atoms with E-state index in [2.05, 4.69) is 4.90 Å². The molecule has 31 heavy (non-hydrogen) atoms. The van der Waals surface area contributed by atoms with Gasteiger partial charge in [-0.1, -0.05) is 11.6 Å². The molecule has 170 valence electrons. The Labute approximate surface area is 184 Å². The van der Waals surface area contributed by atoms with E-state index < -0.39 is 5.97 Å². The first kappa shape index (κ1) is 23.1. The van der Waals surface area contributed by atoms with Gasteiger partial charge in [-0.2, -0.15) is 0 Å². The Morgan fingerprint density at radius 2 is 2.00 bits per heavy atom. The number of hydrogen-bond acceptors (Lipinski definition) is 7. The van der Waals surface area contributed by atoms with Gasteiger partial charge in [0.05, 0.1) is 13.7 Å². The average Bonchev–Trinajstić information content (AvgIpc) is 3.41. The van der Waals surface area contributed by atoms with Crippen LogP contribution in [0.1, 0.15) is 66.1 Å². The summed E-state index contributed by atoms with van der Waals surface area (Å²) in [6.07, 6.45) is 6.66. The van der Waals surface area contributed by atoms with Crippen molar-refractivity contribution in [1.29, 1.82) is 0 Å². The standard InChI is InChI=1S/C24H33NO6/c1-16(8-10-20(26)30-14-6-13-25-11-4-5-12-25)7-9-18-22(27)21-19(15-31-24(21)28)17(2)23(18)29-3/h7,27H,4-6,8-15H2,1-3H3. The van der Waals surface area contributed by atoms with Crippen molar-refractivity contribution in [2.45, 2.75) is 59.0 Å². The second kappa shape index (κ2) is 10.7. The number of aromatic hydroxyl groups is 1. The van der Waals surface area contributed by atoms with Crippen LogP contribution in [0, 0.1) is 6.92 Å². The van der Waals surface area contributed by atoms with Crippen LogP contribution < -0.4 is 4.74 Å². The number of cyclic esters (lactones) is 1. The molecule has 2 aliphatic heterocycles. The van der Waals surface area contributed by atoms with Gasteiger partial charge in [-0.25, -0.2) is 4.79 Å². The largest absolute Gasteiger partial charge is 0.507 e. The summed E-state index contributed by atoms with van der Waals surface area (Å²) in [5.74, 6) is -0.212. The van der Waals surface area contributed by atoms with Crippen LogP contribution in [0.5, 0.6) is 11.5 Å². The Morgan fingerprint density at radius 1 is 1.26 bits per heavy atom. The molecule has 0 atom stereocenters. The molecule has 7 heteroatoms. The lowest BCUT2D eigenvalue weighted by atomic mass is 9.94. The molecule has 2 aliphatic rings. The van der Waals surface area contributed by atoms with Gasteiger partial charge >= 0.3 is 11.9 Å². The van der Waals surface area contributed by atoms with Crippen molar-refractivity contribution in [3.05, 3.63) is 33.9 Å². The van der Waals surface area contributed by atoms with E-state index in [-0.39, 0.29) is 23.9 Å². The first-order chi connectivity index (χ1) is 14.9. The van der Waals surface area contributed by atoms with Gasteiger partial charge in [-0.05, 0) is 64.6 Å². The molecule has 0 radical (unpaired) electrons. The first-order valence-corrected chi connectivity index (χ1v) is 11.0. The topological polar surface area (TPSA) is 85.3 Å². The fraction of sp³-hybridized carbons (Fsp3) is 0.583. The quantitative estimate of drug-likeness (QED) is 0.344. The Hall–Kier alpha value is -2.54. The number of esters is 2. The van der Waals surface area contributed by atoms with Gasteiger partial charge in [-0.15, -0.1) is 0 Å². The molecular weight excluding hydrogens is 398 g/mol. The maximum Gasteiger partial charge on any atom is 0.342 e. The Bertz CT molecular complexity index is 854. The van der Waals surface area contributed by atoms with Crippen LogP contribution in [0.3, 0.4) is 0 Å². The van der Waals surface area contributed by atoms with Crippen LogP contribution >= 0.6 is 0 Å². The summed E-state index contributed by atoms with van der Waals surface area (Å²) in [5, 5.41) is 10.7. The van der Waals surface area contributed by atoms with Crippen molar-refractivity contribution in [3.63, 3.8) is 0 Å². The molecule has 1 aromatic rings. The lowest BCUT2D eigenvalue weighted by molar-refractivity contribution is -0.143. The number of rotatable bonds is 10. The van der Waals surface area contributed by atoms with E-state index in [1.807, 2.05) is 19.9 Å². The summed E-state index contributed by atoms with van der Waals surface area (Å²) in [7, 11) is 1.55. The second-order valence-corrected chi connectivity index (χ2v) is 8.29. The maximum atomic E-state index is 12.0. The van der Waals surface area contributed by atoms with Gasteiger partial charge in [0.25, 0.3) is 0 Å². The molecule has 2 heterocycles. The maximum absolute atomic E-state index is 12.0. The van der Waals surface area contributed by atoms with Crippen molar-refractivity contribution < 1.29 is 28.9 Å². The zero-order chi connectivity index (χ0) is 22.4. The van der Waals surface area contributed by atoms with Gasteiger partial charge in [0.15, 0.2) is 0 Å². The molecule has 0 aromatic heterocycles. The molecule has 1 fully saturated rings. The number of fused-ring (bicyclic) bond motifs is 1. The summed E-state index contributed by atoms with van der Waals surface area (Å²) in [6.45, 7) is 7.72. The molecule has 1 aromatic carbocycles. The molecule has 1 N–H and O–H groups in total. The molecule has 1 saturated heterocycles. The van der Waals surface area contributed by atoms with Crippen molar-refractivity contribution in [3.8, 4) is 11.5 Å². The van der Waals surface area contributed by atoms with Crippen LogP contribution in [0.2, 0.25) is 0 Å². The van der Waals surface area contributed by atoms with Crippen LogP contribution in [-0.4, -0.2) is 55.3 Å². The molecule has 0 saturated carbocycles. The molecule has 0 bridgehead atoms. The number of carbonyl (C=O) groups is 2. The van der Waals surface area contributed by atoms with Crippen LogP contribution in [0.4, 0.5) is 0 Å². The van der Waals surface area contributed by atoms with Crippen LogP contribution in [0.15, 0.2) is 11.6 Å². The van der Waals surface area contributed by atoms with E-state index in [0.29, 0.717) is 42.7 Å². The number of phenols is 1. The number of allylic oxidation sites excluding steroid dienone is 2. The van der Waals surface area contributed by atoms with Gasteiger partial charge in [0.1, 0.15) is 23.7 Å². The summed E-state index contributed by atoms with van der Waals surface area (Å²) in [4.78, 5) is 26.4. The number of hydrogen-bond donors (Lipinski definition) is 1.